The fraction of sp³-hybridized carbons (Fsp3) is 0. The Morgan fingerprint density at radius 2 is 2.31 bits per heavy atom. The number of aromatic nitrogens is 2. The van der Waals surface area contributed by atoms with E-state index in [1.165, 1.54) is 16.8 Å². The molecule has 0 saturated heterocycles. The van der Waals surface area contributed by atoms with Crippen molar-refractivity contribution in [2.75, 3.05) is 11.1 Å². The lowest BCUT2D eigenvalue weighted by atomic mass is 10.1. The molecule has 2 rings (SSSR count). The summed E-state index contributed by atoms with van der Waals surface area (Å²) in [7, 11) is 0. The number of nitrogen functional groups attached to an aromatic ring is 1. The molecule has 1 aromatic carbocycles. The maximum absolute atomic E-state index is 11.8. The van der Waals surface area contributed by atoms with Crippen LogP contribution in [0, 0.1) is 0 Å². The zero-order valence-electron chi connectivity index (χ0n) is 7.98. The summed E-state index contributed by atoms with van der Waals surface area (Å²) in [5.74, 6) is -0.389. The van der Waals surface area contributed by atoms with Crippen molar-refractivity contribution in [1.29, 1.82) is 0 Å². The second kappa shape index (κ2) is 4.46. The molecule has 7 heteroatoms. The third-order valence-electron chi connectivity index (χ3n) is 1.85. The number of carbonyl (C=O) groups is 1. The number of nitrogens with one attached hydrogen (secondary N) is 1. The summed E-state index contributed by atoms with van der Waals surface area (Å²) < 4.78 is 0. The van der Waals surface area contributed by atoms with Gasteiger partial charge < -0.3 is 5.73 Å². The molecule has 0 aliphatic heterocycles. The number of anilines is 2. The summed E-state index contributed by atoms with van der Waals surface area (Å²) in [5.41, 5.74) is 7.77. The topological polar surface area (TPSA) is 80.9 Å². The minimum atomic E-state index is -0.389. The lowest BCUT2D eigenvalue weighted by Crippen LogP contribution is -2.14. The molecule has 3 N–H and O–H groups in total. The van der Waals surface area contributed by atoms with Gasteiger partial charge in [0, 0.05) is 5.69 Å². The predicted octanol–water partition coefficient (Wildman–Crippen LogP) is 2.03. The van der Waals surface area contributed by atoms with Crippen LogP contribution in [0.1, 0.15) is 10.4 Å². The summed E-state index contributed by atoms with van der Waals surface area (Å²) in [6.07, 6.45) is 0. The van der Waals surface area contributed by atoms with E-state index in [9.17, 15) is 4.79 Å². The number of nitrogens with two attached hydrogens (primary N) is 1. The molecule has 0 radical (unpaired) electrons. The molecule has 0 spiro atoms. The molecule has 0 atom stereocenters. The molecule has 0 saturated carbocycles. The van der Waals surface area contributed by atoms with Gasteiger partial charge in [-0.2, -0.15) is 0 Å². The van der Waals surface area contributed by atoms with E-state index in [2.05, 4.69) is 15.5 Å². The van der Waals surface area contributed by atoms with E-state index in [-0.39, 0.29) is 11.5 Å². The first kappa shape index (κ1) is 10.8. The minimum Gasteiger partial charge on any atom is -0.398 e. The van der Waals surface area contributed by atoms with Crippen molar-refractivity contribution < 1.29 is 4.79 Å². The van der Waals surface area contributed by atoms with Crippen LogP contribution in [0.4, 0.5) is 10.8 Å². The fourth-order valence-corrected chi connectivity index (χ4v) is 1.88. The number of hydrogen-bond donors (Lipinski definition) is 2. The van der Waals surface area contributed by atoms with Crippen LogP contribution in [0.25, 0.3) is 0 Å². The lowest BCUT2D eigenvalue weighted by Gasteiger charge is -2.06. The van der Waals surface area contributed by atoms with Crippen LogP contribution in [0.5, 0.6) is 0 Å². The molecule has 1 heterocycles. The zero-order valence-corrected chi connectivity index (χ0v) is 9.55. The molecule has 1 amide bonds. The molecule has 2 aromatic rings. The highest BCUT2D eigenvalue weighted by Gasteiger charge is 2.14. The van der Waals surface area contributed by atoms with Crippen LogP contribution < -0.4 is 11.1 Å². The number of benzene rings is 1. The van der Waals surface area contributed by atoms with E-state index in [1.54, 1.807) is 18.2 Å². The summed E-state index contributed by atoms with van der Waals surface area (Å²) in [6, 6.07) is 4.90. The number of halogens is 1. The third kappa shape index (κ3) is 2.12. The fourth-order valence-electron chi connectivity index (χ4n) is 1.17. The van der Waals surface area contributed by atoms with E-state index in [1.807, 2.05) is 0 Å². The number of amides is 1. The van der Waals surface area contributed by atoms with Gasteiger partial charge in [0.25, 0.3) is 5.91 Å². The highest BCUT2D eigenvalue weighted by Crippen LogP contribution is 2.23. The normalized spacial score (nSPS) is 10.1. The van der Waals surface area contributed by atoms with Crippen LogP contribution >= 0.6 is 22.9 Å². The molecule has 0 aliphatic rings. The molecule has 0 fully saturated rings. The number of nitrogens with zero attached hydrogens (tertiary/aromatic N) is 2. The maximum atomic E-state index is 11.8. The molecule has 0 aliphatic carbocycles. The van der Waals surface area contributed by atoms with Gasteiger partial charge >= 0.3 is 0 Å². The zero-order chi connectivity index (χ0) is 11.5. The Bertz CT molecular complexity index is 494. The number of rotatable bonds is 2. The maximum Gasteiger partial charge on any atom is 0.261 e. The summed E-state index contributed by atoms with van der Waals surface area (Å²) in [5, 5.41) is 10.6. The standard InChI is InChI=1S/C9H7ClN4OS/c10-5-2-1-3-6(11)7(5)8(15)13-9-14-12-4-16-9/h1-4H,11H2,(H,13,14,15). The van der Waals surface area contributed by atoms with E-state index >= 15 is 0 Å². The van der Waals surface area contributed by atoms with Crippen LogP contribution in [-0.4, -0.2) is 16.1 Å². The Labute approximate surface area is 100 Å². The van der Waals surface area contributed by atoms with Crippen LogP contribution in [0.15, 0.2) is 23.7 Å². The molecule has 0 unspecified atom stereocenters. The van der Waals surface area contributed by atoms with Crippen molar-refractivity contribution in [1.82, 2.24) is 10.2 Å². The van der Waals surface area contributed by atoms with Crippen molar-refractivity contribution in [2.24, 2.45) is 0 Å². The molecule has 0 bridgehead atoms. The van der Waals surface area contributed by atoms with E-state index < -0.39 is 0 Å². The highest BCUT2D eigenvalue weighted by atomic mass is 35.5. The first-order chi connectivity index (χ1) is 7.68. The first-order valence-electron chi connectivity index (χ1n) is 4.30. The van der Waals surface area contributed by atoms with Gasteiger partial charge in [0.15, 0.2) is 0 Å². The SMILES string of the molecule is Nc1cccc(Cl)c1C(=O)Nc1nncs1. The summed E-state index contributed by atoms with van der Waals surface area (Å²) in [4.78, 5) is 11.8. The smallest absolute Gasteiger partial charge is 0.261 e. The Hall–Kier alpha value is -1.66. The van der Waals surface area contributed by atoms with Gasteiger partial charge in [0.1, 0.15) is 5.51 Å². The Morgan fingerprint density at radius 1 is 1.50 bits per heavy atom. The van der Waals surface area contributed by atoms with Crippen LogP contribution in [0.2, 0.25) is 5.02 Å². The van der Waals surface area contributed by atoms with Gasteiger partial charge in [0.2, 0.25) is 5.13 Å². The van der Waals surface area contributed by atoms with Crippen molar-refractivity contribution >= 4 is 39.7 Å². The summed E-state index contributed by atoms with van der Waals surface area (Å²) in [6.45, 7) is 0. The Kier molecular flexibility index (Phi) is 3.02. The quantitative estimate of drug-likeness (QED) is 0.804. The van der Waals surface area contributed by atoms with Gasteiger partial charge in [0.05, 0.1) is 10.6 Å². The monoisotopic (exact) mass is 254 g/mol. The minimum absolute atomic E-state index is 0.249. The molecule has 1 aromatic heterocycles. The third-order valence-corrected chi connectivity index (χ3v) is 2.78. The van der Waals surface area contributed by atoms with E-state index in [0.29, 0.717) is 15.8 Å². The number of hydrogen-bond acceptors (Lipinski definition) is 5. The van der Waals surface area contributed by atoms with E-state index in [4.69, 9.17) is 17.3 Å². The number of carbonyl (C=O) groups excluding carboxylic acids is 1. The summed E-state index contributed by atoms with van der Waals surface area (Å²) >= 11 is 7.11. The van der Waals surface area contributed by atoms with Crippen molar-refractivity contribution in [3.05, 3.63) is 34.3 Å². The molecule has 5 nitrogen and oxygen atoms in total. The Morgan fingerprint density at radius 3 is 2.94 bits per heavy atom. The van der Waals surface area contributed by atoms with Gasteiger partial charge in [-0.25, -0.2) is 0 Å². The lowest BCUT2D eigenvalue weighted by molar-refractivity contribution is 0.102. The Balaban J connectivity index is 2.28. The van der Waals surface area contributed by atoms with Crippen LogP contribution in [-0.2, 0) is 0 Å². The van der Waals surface area contributed by atoms with Crippen molar-refractivity contribution in [2.45, 2.75) is 0 Å². The second-order valence-electron chi connectivity index (χ2n) is 2.90. The van der Waals surface area contributed by atoms with Gasteiger partial charge in [-0.3, -0.25) is 10.1 Å². The molecular formula is C9H7ClN4OS. The van der Waals surface area contributed by atoms with Gasteiger partial charge in [-0.1, -0.05) is 29.0 Å². The average molecular weight is 255 g/mol. The van der Waals surface area contributed by atoms with Gasteiger partial charge in [-0.15, -0.1) is 10.2 Å². The second-order valence-corrected chi connectivity index (χ2v) is 4.14. The molecule has 82 valence electrons. The van der Waals surface area contributed by atoms with Crippen LogP contribution in [0.3, 0.4) is 0 Å². The van der Waals surface area contributed by atoms with Gasteiger partial charge in [-0.05, 0) is 12.1 Å². The first-order valence-corrected chi connectivity index (χ1v) is 5.56. The van der Waals surface area contributed by atoms with E-state index in [0.717, 1.165) is 0 Å². The molecule has 16 heavy (non-hydrogen) atoms. The average Bonchev–Trinajstić information content (AvgIpc) is 2.70. The highest BCUT2D eigenvalue weighted by molar-refractivity contribution is 7.13. The van der Waals surface area contributed by atoms with Crippen molar-refractivity contribution in [3.8, 4) is 0 Å². The van der Waals surface area contributed by atoms with Crippen molar-refractivity contribution in [3.63, 3.8) is 0 Å². The largest absolute Gasteiger partial charge is 0.398 e. The predicted molar refractivity (Wildman–Crippen MR) is 63.7 cm³/mol. The molecular weight excluding hydrogens is 248 g/mol.